The first-order valence-electron chi connectivity index (χ1n) is 22.9. The number of nitrogens with one attached hydrogen (secondary N) is 1. The fourth-order valence-electron chi connectivity index (χ4n) is 6.46. The molecule has 13 heteroatoms. The van der Waals surface area contributed by atoms with Crippen molar-refractivity contribution in [2.45, 2.75) is 213 Å². The Morgan fingerprint density at radius 3 is 1.36 bits per heavy atom. The molecular weight excluding hydrogens is 743 g/mol. The minimum absolute atomic E-state index is 0.00603. The molecule has 0 aliphatic carbocycles. The van der Waals surface area contributed by atoms with Crippen molar-refractivity contribution in [3.8, 4) is 0 Å². The summed E-state index contributed by atoms with van der Waals surface area (Å²) in [5, 5.41) is 2.63. The SMILES string of the molecule is CCCCCCCCC(CC)OC(=O)CCCCC(=O)OCC(OC(=O)CCCCC(=O)OC(CC)CCCCCCCC)C(=O)N(CCCN(C)C)C(=O)NCC. The lowest BCUT2D eigenvalue weighted by Crippen LogP contribution is -2.51. The van der Waals surface area contributed by atoms with E-state index in [-0.39, 0.29) is 62.9 Å². The van der Waals surface area contributed by atoms with Crippen LogP contribution in [0.25, 0.3) is 0 Å². The number of carbonyl (C=O) groups excluding carboxylic acids is 6. The van der Waals surface area contributed by atoms with Crippen molar-refractivity contribution < 1.29 is 47.7 Å². The number of hydrogen-bond acceptors (Lipinski definition) is 11. The van der Waals surface area contributed by atoms with Gasteiger partial charge in [0, 0.05) is 38.8 Å². The fraction of sp³-hybridized carbons (Fsp3) is 0.867. The summed E-state index contributed by atoms with van der Waals surface area (Å²) in [4.78, 5) is 80.3. The Kier molecular flexibility index (Phi) is 34.8. The Bertz CT molecular complexity index is 1120. The van der Waals surface area contributed by atoms with E-state index in [9.17, 15) is 28.8 Å². The lowest BCUT2D eigenvalue weighted by atomic mass is 10.1. The van der Waals surface area contributed by atoms with E-state index in [4.69, 9.17) is 18.9 Å². The Labute approximate surface area is 351 Å². The molecule has 0 aromatic heterocycles. The summed E-state index contributed by atoms with van der Waals surface area (Å²) in [6.07, 6.45) is 17.8. The Balaban J connectivity index is 5.14. The smallest absolute Gasteiger partial charge is 0.324 e. The van der Waals surface area contributed by atoms with Crippen molar-refractivity contribution in [3.05, 3.63) is 0 Å². The van der Waals surface area contributed by atoms with E-state index in [1.807, 2.05) is 32.8 Å². The van der Waals surface area contributed by atoms with Gasteiger partial charge in [-0.25, -0.2) is 4.79 Å². The topological polar surface area (TPSA) is 158 Å². The molecule has 0 heterocycles. The number of esters is 4. The molecule has 0 saturated carbocycles. The molecule has 0 aliphatic heterocycles. The zero-order chi connectivity index (χ0) is 43.4. The summed E-state index contributed by atoms with van der Waals surface area (Å²) < 4.78 is 22.3. The lowest BCUT2D eigenvalue weighted by molar-refractivity contribution is -0.167. The molecule has 0 aromatic rings. The second-order valence-corrected chi connectivity index (χ2v) is 15.7. The standard InChI is InChI=1S/C45H83N3O10/c1-8-13-15-17-19-21-28-37(10-3)56-41(50)31-24-23-30-40(49)55-36-39(44(53)48(45(54)46-12-5)35-27-34-47(6)7)58-43(52)33-26-25-32-42(51)57-38(11-4)29-22-20-18-16-14-9-2/h37-39H,8-36H2,1-7H3,(H,46,54). The maximum absolute atomic E-state index is 13.7. The normalized spacial score (nSPS) is 12.7. The van der Waals surface area contributed by atoms with Crippen molar-refractivity contribution in [2.24, 2.45) is 0 Å². The number of amides is 3. The van der Waals surface area contributed by atoms with Crippen molar-refractivity contribution in [1.29, 1.82) is 0 Å². The zero-order valence-corrected chi connectivity index (χ0v) is 37.7. The first-order valence-corrected chi connectivity index (χ1v) is 22.9. The van der Waals surface area contributed by atoms with E-state index in [1.54, 1.807) is 6.92 Å². The number of rotatable bonds is 37. The molecule has 58 heavy (non-hydrogen) atoms. The average molecular weight is 826 g/mol. The van der Waals surface area contributed by atoms with Crippen LogP contribution in [-0.4, -0.2) is 104 Å². The second-order valence-electron chi connectivity index (χ2n) is 15.7. The van der Waals surface area contributed by atoms with Gasteiger partial charge >= 0.3 is 29.9 Å². The quantitative estimate of drug-likeness (QED) is 0.0362. The molecule has 0 radical (unpaired) electrons. The highest BCUT2D eigenvalue weighted by molar-refractivity contribution is 5.97. The fourth-order valence-corrected chi connectivity index (χ4v) is 6.46. The van der Waals surface area contributed by atoms with Crippen LogP contribution < -0.4 is 5.32 Å². The Hall–Kier alpha value is -3.22. The van der Waals surface area contributed by atoms with Crippen LogP contribution in [0.15, 0.2) is 0 Å². The van der Waals surface area contributed by atoms with Gasteiger partial charge < -0.3 is 29.2 Å². The van der Waals surface area contributed by atoms with Gasteiger partial charge in [0.1, 0.15) is 18.8 Å². The predicted octanol–water partition coefficient (Wildman–Crippen LogP) is 9.22. The van der Waals surface area contributed by atoms with Crippen molar-refractivity contribution in [2.75, 3.05) is 40.3 Å². The molecule has 3 atom stereocenters. The summed E-state index contributed by atoms with van der Waals surface area (Å²) >= 11 is 0. The number of urea groups is 1. The van der Waals surface area contributed by atoms with Crippen molar-refractivity contribution in [1.82, 2.24) is 15.1 Å². The van der Waals surface area contributed by atoms with Crippen LogP contribution in [0.3, 0.4) is 0 Å². The third-order valence-corrected chi connectivity index (χ3v) is 10.1. The number of hydrogen-bond donors (Lipinski definition) is 1. The van der Waals surface area contributed by atoms with Crippen LogP contribution in [-0.2, 0) is 42.9 Å². The minimum Gasteiger partial charge on any atom is -0.462 e. The van der Waals surface area contributed by atoms with Gasteiger partial charge in [-0.15, -0.1) is 0 Å². The lowest BCUT2D eigenvalue weighted by Gasteiger charge is -2.26. The van der Waals surface area contributed by atoms with Crippen LogP contribution in [0.1, 0.15) is 195 Å². The molecule has 3 unspecified atom stereocenters. The first kappa shape index (κ1) is 54.8. The van der Waals surface area contributed by atoms with E-state index in [0.717, 1.165) is 56.3 Å². The summed E-state index contributed by atoms with van der Waals surface area (Å²) in [6.45, 7) is 10.5. The van der Waals surface area contributed by atoms with Crippen LogP contribution in [0.4, 0.5) is 4.79 Å². The highest BCUT2D eigenvalue weighted by Gasteiger charge is 2.33. The van der Waals surface area contributed by atoms with Gasteiger partial charge in [0.15, 0.2) is 0 Å². The van der Waals surface area contributed by atoms with E-state index in [0.29, 0.717) is 38.6 Å². The number of imide groups is 1. The highest BCUT2D eigenvalue weighted by Crippen LogP contribution is 2.16. The van der Waals surface area contributed by atoms with Gasteiger partial charge in [-0.1, -0.05) is 91.9 Å². The summed E-state index contributed by atoms with van der Waals surface area (Å²) in [6, 6.07) is -0.636. The summed E-state index contributed by atoms with van der Waals surface area (Å²) in [5.74, 6) is -2.70. The molecule has 3 amide bonds. The third kappa shape index (κ3) is 29.9. The maximum Gasteiger partial charge on any atom is 0.324 e. The highest BCUT2D eigenvalue weighted by atomic mass is 16.6. The molecule has 0 bridgehead atoms. The van der Waals surface area contributed by atoms with Crippen LogP contribution >= 0.6 is 0 Å². The average Bonchev–Trinajstić information content (AvgIpc) is 3.19. The van der Waals surface area contributed by atoms with Gasteiger partial charge in [0.05, 0.1) is 0 Å². The molecule has 0 fully saturated rings. The van der Waals surface area contributed by atoms with Crippen molar-refractivity contribution >= 4 is 35.8 Å². The number of nitrogens with zero attached hydrogens (tertiary/aromatic N) is 2. The van der Waals surface area contributed by atoms with Crippen LogP contribution in [0, 0.1) is 0 Å². The van der Waals surface area contributed by atoms with Gasteiger partial charge in [-0.3, -0.25) is 28.9 Å². The van der Waals surface area contributed by atoms with E-state index < -0.39 is 36.6 Å². The largest absolute Gasteiger partial charge is 0.462 e. The predicted molar refractivity (Wildman–Crippen MR) is 228 cm³/mol. The van der Waals surface area contributed by atoms with Gasteiger partial charge in [-0.2, -0.15) is 0 Å². The minimum atomic E-state index is -1.54. The van der Waals surface area contributed by atoms with E-state index in [2.05, 4.69) is 19.2 Å². The van der Waals surface area contributed by atoms with Gasteiger partial charge in [0.2, 0.25) is 6.10 Å². The summed E-state index contributed by atoms with van der Waals surface area (Å²) in [5.41, 5.74) is 0. The molecule has 13 nitrogen and oxygen atoms in total. The molecule has 0 aromatic carbocycles. The molecular formula is C45H83N3O10. The zero-order valence-electron chi connectivity index (χ0n) is 37.7. The van der Waals surface area contributed by atoms with Crippen LogP contribution in [0.5, 0.6) is 0 Å². The van der Waals surface area contributed by atoms with Crippen molar-refractivity contribution in [3.63, 3.8) is 0 Å². The first-order chi connectivity index (χ1) is 27.9. The second kappa shape index (κ2) is 36.8. The monoisotopic (exact) mass is 826 g/mol. The van der Waals surface area contributed by atoms with Gasteiger partial charge in [0.25, 0.3) is 5.91 Å². The summed E-state index contributed by atoms with van der Waals surface area (Å²) in [7, 11) is 3.76. The number of carbonyl (C=O) groups is 6. The number of ether oxygens (including phenoxy) is 4. The molecule has 0 aliphatic rings. The Morgan fingerprint density at radius 1 is 0.500 bits per heavy atom. The maximum atomic E-state index is 13.7. The molecule has 1 N–H and O–H groups in total. The number of unbranched alkanes of at least 4 members (excludes halogenated alkanes) is 12. The molecule has 0 rings (SSSR count). The molecule has 338 valence electrons. The third-order valence-electron chi connectivity index (χ3n) is 10.1. The molecule has 0 saturated heterocycles. The van der Waals surface area contributed by atoms with E-state index in [1.165, 1.54) is 51.4 Å². The Morgan fingerprint density at radius 2 is 0.931 bits per heavy atom. The molecule has 0 spiro atoms. The van der Waals surface area contributed by atoms with E-state index >= 15 is 0 Å². The van der Waals surface area contributed by atoms with Crippen LogP contribution in [0.2, 0.25) is 0 Å². The van der Waals surface area contributed by atoms with Gasteiger partial charge in [-0.05, 0) is 98.2 Å².